The lowest BCUT2D eigenvalue weighted by atomic mass is 9.86. The Labute approximate surface area is 107 Å². The van der Waals surface area contributed by atoms with Gasteiger partial charge in [-0.3, -0.25) is 0 Å². The quantitative estimate of drug-likeness (QED) is 0.869. The monoisotopic (exact) mass is 245 g/mol. The van der Waals surface area contributed by atoms with Gasteiger partial charge >= 0.3 is 0 Å². The minimum Gasteiger partial charge on any atom is -0.320 e. The van der Waals surface area contributed by atoms with E-state index >= 15 is 0 Å². The van der Waals surface area contributed by atoms with Crippen molar-refractivity contribution in [3.05, 3.63) is 57.8 Å². The van der Waals surface area contributed by atoms with Crippen LogP contribution in [0.1, 0.15) is 29.3 Å². The lowest BCUT2D eigenvalue weighted by molar-refractivity contribution is 0.432. The Morgan fingerprint density at radius 3 is 2.41 bits per heavy atom. The molecular formula is C15H19NS. The number of thiophene rings is 1. The Balaban J connectivity index is 2.30. The predicted molar refractivity (Wildman–Crippen MR) is 75.4 cm³/mol. The van der Waals surface area contributed by atoms with Crippen molar-refractivity contribution in [2.24, 2.45) is 5.73 Å². The first-order chi connectivity index (χ1) is 8.15. The SMILES string of the molecule is CCC(N)(Cc1ccccc1)c1sccc1C. The van der Waals surface area contributed by atoms with E-state index in [-0.39, 0.29) is 5.54 Å². The molecule has 0 radical (unpaired) electrons. The minimum atomic E-state index is -0.223. The van der Waals surface area contributed by atoms with Crippen LogP contribution in [0.15, 0.2) is 41.8 Å². The summed E-state index contributed by atoms with van der Waals surface area (Å²) < 4.78 is 0. The molecule has 0 saturated heterocycles. The van der Waals surface area contributed by atoms with E-state index in [1.165, 1.54) is 16.0 Å². The fraction of sp³-hybridized carbons (Fsp3) is 0.333. The number of benzene rings is 1. The van der Waals surface area contributed by atoms with Gasteiger partial charge in [0.2, 0.25) is 0 Å². The van der Waals surface area contributed by atoms with Crippen molar-refractivity contribution in [1.29, 1.82) is 0 Å². The first-order valence-electron chi connectivity index (χ1n) is 6.03. The van der Waals surface area contributed by atoms with Crippen LogP contribution in [-0.2, 0) is 12.0 Å². The fourth-order valence-corrected chi connectivity index (χ4v) is 3.32. The van der Waals surface area contributed by atoms with Crippen molar-refractivity contribution < 1.29 is 0 Å². The predicted octanol–water partition coefficient (Wildman–Crippen LogP) is 3.86. The zero-order chi connectivity index (χ0) is 12.3. The molecule has 1 atom stereocenters. The average Bonchev–Trinajstić information content (AvgIpc) is 2.77. The molecule has 1 unspecified atom stereocenters. The molecule has 1 aromatic carbocycles. The molecular weight excluding hydrogens is 226 g/mol. The van der Waals surface area contributed by atoms with Crippen LogP contribution in [-0.4, -0.2) is 0 Å². The molecule has 0 fully saturated rings. The third-order valence-corrected chi connectivity index (χ3v) is 4.54. The number of aryl methyl sites for hydroxylation is 1. The molecule has 0 spiro atoms. The molecule has 1 aromatic heterocycles. The maximum Gasteiger partial charge on any atom is 0.0544 e. The van der Waals surface area contributed by atoms with Gasteiger partial charge in [-0.15, -0.1) is 11.3 Å². The van der Waals surface area contributed by atoms with Gasteiger partial charge in [0.15, 0.2) is 0 Å². The first kappa shape index (κ1) is 12.3. The largest absolute Gasteiger partial charge is 0.320 e. The van der Waals surface area contributed by atoms with Crippen molar-refractivity contribution in [1.82, 2.24) is 0 Å². The summed E-state index contributed by atoms with van der Waals surface area (Å²) in [5.41, 5.74) is 9.01. The van der Waals surface area contributed by atoms with Crippen LogP contribution in [0.3, 0.4) is 0 Å². The summed E-state index contributed by atoms with van der Waals surface area (Å²) in [6, 6.07) is 12.7. The van der Waals surface area contributed by atoms with Gasteiger partial charge in [-0.05, 0) is 42.3 Å². The summed E-state index contributed by atoms with van der Waals surface area (Å²) in [6.07, 6.45) is 1.87. The number of hydrogen-bond acceptors (Lipinski definition) is 2. The van der Waals surface area contributed by atoms with Gasteiger partial charge in [0, 0.05) is 4.88 Å². The van der Waals surface area contributed by atoms with E-state index in [0.29, 0.717) is 0 Å². The maximum atomic E-state index is 6.61. The fourth-order valence-electron chi connectivity index (χ4n) is 2.21. The molecule has 2 heteroatoms. The van der Waals surface area contributed by atoms with E-state index in [2.05, 4.69) is 49.6 Å². The lowest BCUT2D eigenvalue weighted by Crippen LogP contribution is -2.38. The molecule has 0 aliphatic heterocycles. The molecule has 0 amide bonds. The van der Waals surface area contributed by atoms with Gasteiger partial charge in [-0.1, -0.05) is 37.3 Å². The number of rotatable bonds is 4. The van der Waals surface area contributed by atoms with Crippen LogP contribution in [0.25, 0.3) is 0 Å². The molecule has 2 aromatic rings. The van der Waals surface area contributed by atoms with Crippen LogP contribution >= 0.6 is 11.3 Å². The second kappa shape index (κ2) is 5.03. The summed E-state index contributed by atoms with van der Waals surface area (Å²) in [5, 5.41) is 2.13. The van der Waals surface area contributed by atoms with E-state index in [9.17, 15) is 0 Å². The normalized spacial score (nSPS) is 14.5. The number of hydrogen-bond donors (Lipinski definition) is 1. The minimum absolute atomic E-state index is 0.223. The molecule has 0 aliphatic rings. The molecule has 2 rings (SSSR count). The van der Waals surface area contributed by atoms with Gasteiger partial charge in [0.25, 0.3) is 0 Å². The van der Waals surface area contributed by atoms with Crippen molar-refractivity contribution in [2.45, 2.75) is 32.2 Å². The van der Waals surface area contributed by atoms with Crippen molar-refractivity contribution in [2.75, 3.05) is 0 Å². The third-order valence-electron chi connectivity index (χ3n) is 3.31. The molecule has 0 saturated carbocycles. The van der Waals surface area contributed by atoms with Crippen LogP contribution in [0.2, 0.25) is 0 Å². The van der Waals surface area contributed by atoms with Crippen molar-refractivity contribution >= 4 is 11.3 Å². The van der Waals surface area contributed by atoms with Gasteiger partial charge in [-0.2, -0.15) is 0 Å². The molecule has 17 heavy (non-hydrogen) atoms. The molecule has 90 valence electrons. The van der Waals surface area contributed by atoms with Crippen LogP contribution in [0.5, 0.6) is 0 Å². The molecule has 2 N–H and O–H groups in total. The van der Waals surface area contributed by atoms with E-state index in [0.717, 1.165) is 12.8 Å². The van der Waals surface area contributed by atoms with E-state index in [1.807, 2.05) is 6.07 Å². The Morgan fingerprint density at radius 1 is 1.18 bits per heavy atom. The summed E-state index contributed by atoms with van der Waals surface area (Å²) in [4.78, 5) is 1.32. The second-order valence-electron chi connectivity index (χ2n) is 4.60. The Morgan fingerprint density at radius 2 is 1.88 bits per heavy atom. The third kappa shape index (κ3) is 2.59. The van der Waals surface area contributed by atoms with E-state index in [1.54, 1.807) is 11.3 Å². The van der Waals surface area contributed by atoms with Crippen LogP contribution in [0, 0.1) is 6.92 Å². The van der Waals surface area contributed by atoms with Crippen molar-refractivity contribution in [3.63, 3.8) is 0 Å². The smallest absolute Gasteiger partial charge is 0.0544 e. The summed E-state index contributed by atoms with van der Waals surface area (Å²) in [7, 11) is 0. The molecule has 0 aliphatic carbocycles. The van der Waals surface area contributed by atoms with Gasteiger partial charge in [0.1, 0.15) is 0 Å². The standard InChI is InChI=1S/C15H19NS/c1-3-15(16,14-12(2)9-10-17-14)11-13-7-5-4-6-8-13/h4-10H,3,11,16H2,1-2H3. The zero-order valence-electron chi connectivity index (χ0n) is 10.4. The lowest BCUT2D eigenvalue weighted by Gasteiger charge is -2.28. The van der Waals surface area contributed by atoms with Gasteiger partial charge < -0.3 is 5.73 Å². The highest BCUT2D eigenvalue weighted by atomic mass is 32.1. The molecule has 1 nitrogen and oxygen atoms in total. The van der Waals surface area contributed by atoms with Gasteiger partial charge in [-0.25, -0.2) is 0 Å². The van der Waals surface area contributed by atoms with Gasteiger partial charge in [0.05, 0.1) is 5.54 Å². The summed E-state index contributed by atoms with van der Waals surface area (Å²) in [5.74, 6) is 0. The topological polar surface area (TPSA) is 26.0 Å². The van der Waals surface area contributed by atoms with Crippen LogP contribution < -0.4 is 5.73 Å². The van der Waals surface area contributed by atoms with E-state index in [4.69, 9.17) is 5.73 Å². The Kier molecular flexibility index (Phi) is 3.65. The first-order valence-corrected chi connectivity index (χ1v) is 6.91. The maximum absolute atomic E-state index is 6.61. The van der Waals surface area contributed by atoms with E-state index < -0.39 is 0 Å². The highest BCUT2D eigenvalue weighted by molar-refractivity contribution is 7.10. The average molecular weight is 245 g/mol. The van der Waals surface area contributed by atoms with Crippen molar-refractivity contribution in [3.8, 4) is 0 Å². The molecule has 1 heterocycles. The Bertz CT molecular complexity index is 475. The highest BCUT2D eigenvalue weighted by Gasteiger charge is 2.28. The number of nitrogens with two attached hydrogens (primary N) is 1. The highest BCUT2D eigenvalue weighted by Crippen LogP contribution is 2.32. The molecule has 0 bridgehead atoms. The second-order valence-corrected chi connectivity index (χ2v) is 5.52. The van der Waals surface area contributed by atoms with Crippen LogP contribution in [0.4, 0.5) is 0 Å². The summed E-state index contributed by atoms with van der Waals surface area (Å²) >= 11 is 1.78. The zero-order valence-corrected chi connectivity index (χ0v) is 11.3. The summed E-state index contributed by atoms with van der Waals surface area (Å²) in [6.45, 7) is 4.32. The Hall–Kier alpha value is -1.12.